The van der Waals surface area contributed by atoms with Gasteiger partial charge in [0.05, 0.1) is 20.8 Å². The Kier molecular flexibility index (Phi) is 6.25. The van der Waals surface area contributed by atoms with Crippen LogP contribution in [0.2, 0.25) is 0 Å². The Hall–Kier alpha value is -2.72. The third-order valence-electron chi connectivity index (χ3n) is 3.14. The molecule has 2 aromatic rings. The monoisotopic (exact) mass is 366 g/mol. The number of carbonyl (C=O) groups excluding carboxylic acids is 1. The van der Waals surface area contributed by atoms with Gasteiger partial charge in [-0.2, -0.15) is 0 Å². The number of ether oxygens (including phenoxy) is 2. The number of nitrogens with one attached hydrogen (secondary N) is 2. The molecular formula is C15H18N4O5S. The van der Waals surface area contributed by atoms with Crippen LogP contribution in [0.4, 0.5) is 11.5 Å². The fraction of sp³-hybridized carbons (Fsp3) is 0.267. The number of aromatic nitrogens is 2. The van der Waals surface area contributed by atoms with Gasteiger partial charge < -0.3 is 25.6 Å². The molecule has 2 rings (SSSR count). The molecule has 0 atom stereocenters. The van der Waals surface area contributed by atoms with Crippen LogP contribution >= 0.6 is 11.8 Å². The summed E-state index contributed by atoms with van der Waals surface area (Å²) in [5.74, 6) is 0.558. The fourth-order valence-electron chi connectivity index (χ4n) is 1.96. The number of nitrogens with zero attached hydrogens (tertiary/aromatic N) is 1. The summed E-state index contributed by atoms with van der Waals surface area (Å²) >= 11 is 1.14. The van der Waals surface area contributed by atoms with Crippen LogP contribution in [0, 0.1) is 0 Å². The van der Waals surface area contributed by atoms with Gasteiger partial charge in [0.15, 0.2) is 22.5 Å². The van der Waals surface area contributed by atoms with E-state index in [0.717, 1.165) is 11.8 Å². The predicted octanol–water partition coefficient (Wildman–Crippen LogP) is 0.706. The maximum Gasteiger partial charge on any atom is 0.277 e. The molecule has 0 saturated heterocycles. The Bertz CT molecular complexity index is 824. The van der Waals surface area contributed by atoms with Crippen molar-refractivity contribution in [3.05, 3.63) is 34.1 Å². The number of hydrogen-bond donors (Lipinski definition) is 4. The molecule has 134 valence electrons. The second-order valence-corrected chi connectivity index (χ2v) is 5.81. The summed E-state index contributed by atoms with van der Waals surface area (Å²) in [5, 5.41) is 11.5. The maximum atomic E-state index is 12.4. The number of thioether (sulfide) groups is 1. The minimum atomic E-state index is -0.582. The average Bonchev–Trinajstić information content (AvgIpc) is 2.62. The zero-order valence-electron chi connectivity index (χ0n) is 13.7. The molecule has 0 fully saturated rings. The van der Waals surface area contributed by atoms with Crippen molar-refractivity contribution in [1.82, 2.24) is 9.97 Å². The van der Waals surface area contributed by atoms with E-state index in [2.05, 4.69) is 15.3 Å². The van der Waals surface area contributed by atoms with E-state index in [4.69, 9.17) is 20.3 Å². The van der Waals surface area contributed by atoms with E-state index in [1.54, 1.807) is 6.07 Å². The number of nitrogens with two attached hydrogens (primary N) is 1. The molecule has 0 radical (unpaired) electrons. The first-order chi connectivity index (χ1) is 12.0. The van der Waals surface area contributed by atoms with Crippen molar-refractivity contribution >= 4 is 29.2 Å². The number of aliphatic hydroxyl groups excluding tert-OH is 1. The number of rotatable bonds is 7. The van der Waals surface area contributed by atoms with Gasteiger partial charge in [0.2, 0.25) is 0 Å². The molecular weight excluding hydrogens is 348 g/mol. The van der Waals surface area contributed by atoms with Crippen LogP contribution in [0.15, 0.2) is 28.2 Å². The largest absolute Gasteiger partial charge is 0.493 e. The molecule has 1 aromatic heterocycles. The molecule has 0 aliphatic rings. The molecule has 10 heteroatoms. The highest BCUT2D eigenvalue weighted by Crippen LogP contribution is 2.28. The van der Waals surface area contributed by atoms with Crippen molar-refractivity contribution < 1.29 is 19.4 Å². The van der Waals surface area contributed by atoms with Gasteiger partial charge in [0.25, 0.3) is 11.5 Å². The van der Waals surface area contributed by atoms with E-state index in [-0.39, 0.29) is 28.8 Å². The summed E-state index contributed by atoms with van der Waals surface area (Å²) in [7, 11) is 2.94. The van der Waals surface area contributed by atoms with Crippen LogP contribution in [-0.2, 0) is 0 Å². The van der Waals surface area contributed by atoms with Crippen LogP contribution in [0.25, 0.3) is 0 Å². The quantitative estimate of drug-likeness (QED) is 0.415. The first-order valence-corrected chi connectivity index (χ1v) is 8.15. The van der Waals surface area contributed by atoms with Gasteiger partial charge >= 0.3 is 0 Å². The topological polar surface area (TPSA) is 140 Å². The number of aliphatic hydroxyl groups is 1. The number of H-pyrrole nitrogens is 1. The summed E-state index contributed by atoms with van der Waals surface area (Å²) in [6, 6.07) is 4.59. The van der Waals surface area contributed by atoms with Crippen LogP contribution in [0.3, 0.4) is 0 Å². The molecule has 0 unspecified atom stereocenters. The standard InChI is InChI=1S/C15H18N4O5S/c1-23-9-4-3-8(7-10(9)24-2)13(21)17-11-12(16)18-15(19-14(11)22)25-6-5-20/h3-4,7,20H,5-6H2,1-2H3,(H,17,21)(H3,16,18,19,22). The first-order valence-electron chi connectivity index (χ1n) is 7.17. The van der Waals surface area contributed by atoms with E-state index in [9.17, 15) is 9.59 Å². The van der Waals surface area contributed by atoms with Crippen molar-refractivity contribution in [2.45, 2.75) is 5.16 Å². The molecule has 0 spiro atoms. The fourth-order valence-corrected chi connectivity index (χ4v) is 2.58. The van der Waals surface area contributed by atoms with E-state index in [1.165, 1.54) is 26.4 Å². The van der Waals surface area contributed by atoms with Gasteiger partial charge in [0, 0.05) is 11.3 Å². The Balaban J connectivity index is 2.24. The number of amides is 1. The van der Waals surface area contributed by atoms with E-state index >= 15 is 0 Å². The number of methoxy groups -OCH3 is 2. The molecule has 1 amide bonds. The predicted molar refractivity (Wildman–Crippen MR) is 94.6 cm³/mol. The van der Waals surface area contributed by atoms with Gasteiger partial charge in [-0.25, -0.2) is 4.98 Å². The minimum absolute atomic E-state index is 0.0634. The lowest BCUT2D eigenvalue weighted by molar-refractivity contribution is 0.102. The van der Waals surface area contributed by atoms with Crippen LogP contribution in [0.1, 0.15) is 10.4 Å². The molecule has 5 N–H and O–H groups in total. The number of hydrogen-bond acceptors (Lipinski definition) is 8. The molecule has 0 aliphatic carbocycles. The number of aromatic amines is 1. The third kappa shape index (κ3) is 4.43. The Morgan fingerprint density at radius 1 is 1.36 bits per heavy atom. The molecule has 0 saturated carbocycles. The molecule has 25 heavy (non-hydrogen) atoms. The highest BCUT2D eigenvalue weighted by Gasteiger charge is 2.16. The van der Waals surface area contributed by atoms with Gasteiger partial charge in [-0.3, -0.25) is 14.6 Å². The Morgan fingerprint density at radius 3 is 2.68 bits per heavy atom. The highest BCUT2D eigenvalue weighted by atomic mass is 32.2. The highest BCUT2D eigenvalue weighted by molar-refractivity contribution is 7.99. The zero-order valence-corrected chi connectivity index (χ0v) is 14.5. The van der Waals surface area contributed by atoms with Crippen molar-refractivity contribution in [3.63, 3.8) is 0 Å². The summed E-state index contributed by atoms with van der Waals surface area (Å²) in [6.07, 6.45) is 0. The smallest absolute Gasteiger partial charge is 0.277 e. The van der Waals surface area contributed by atoms with Crippen molar-refractivity contribution in [2.75, 3.05) is 37.6 Å². The number of nitrogen functional groups attached to an aromatic ring is 1. The average molecular weight is 366 g/mol. The molecule has 1 heterocycles. The minimum Gasteiger partial charge on any atom is -0.493 e. The normalized spacial score (nSPS) is 10.4. The van der Waals surface area contributed by atoms with Gasteiger partial charge in [-0.05, 0) is 18.2 Å². The maximum absolute atomic E-state index is 12.4. The van der Waals surface area contributed by atoms with Gasteiger partial charge in [-0.1, -0.05) is 11.8 Å². The van der Waals surface area contributed by atoms with E-state index < -0.39 is 11.5 Å². The lowest BCUT2D eigenvalue weighted by atomic mass is 10.2. The summed E-state index contributed by atoms with van der Waals surface area (Å²) in [5.41, 5.74) is 5.29. The number of benzene rings is 1. The summed E-state index contributed by atoms with van der Waals surface area (Å²) in [4.78, 5) is 31.0. The molecule has 0 aliphatic heterocycles. The molecule has 1 aromatic carbocycles. The Morgan fingerprint density at radius 2 is 2.08 bits per heavy atom. The Labute approximate surface area is 147 Å². The van der Waals surface area contributed by atoms with E-state index in [0.29, 0.717) is 17.3 Å². The molecule has 0 bridgehead atoms. The second-order valence-electron chi connectivity index (χ2n) is 4.73. The zero-order chi connectivity index (χ0) is 18.4. The van der Waals surface area contributed by atoms with E-state index in [1.807, 2.05) is 0 Å². The number of carbonyl (C=O) groups is 1. The van der Waals surface area contributed by atoms with Gasteiger partial charge in [0.1, 0.15) is 5.69 Å². The SMILES string of the molecule is COc1ccc(C(=O)Nc2c(N)nc(SCCO)[nH]c2=O)cc1OC. The first kappa shape index (κ1) is 18.6. The van der Waals surface area contributed by atoms with Crippen molar-refractivity contribution in [1.29, 1.82) is 0 Å². The lowest BCUT2D eigenvalue weighted by Crippen LogP contribution is -2.23. The molecule has 9 nitrogen and oxygen atoms in total. The van der Waals surface area contributed by atoms with Crippen LogP contribution in [0.5, 0.6) is 11.5 Å². The van der Waals surface area contributed by atoms with Crippen molar-refractivity contribution in [3.8, 4) is 11.5 Å². The summed E-state index contributed by atoms with van der Waals surface area (Å²) in [6.45, 7) is -0.0634. The van der Waals surface area contributed by atoms with Crippen LogP contribution in [-0.4, -0.2) is 47.6 Å². The second kappa shape index (κ2) is 8.40. The summed E-state index contributed by atoms with van der Waals surface area (Å²) < 4.78 is 10.3. The third-order valence-corrected chi connectivity index (χ3v) is 3.99. The number of anilines is 2. The van der Waals surface area contributed by atoms with Gasteiger partial charge in [-0.15, -0.1) is 0 Å². The van der Waals surface area contributed by atoms with Crippen LogP contribution < -0.4 is 26.1 Å². The lowest BCUT2D eigenvalue weighted by Gasteiger charge is -2.11. The van der Waals surface area contributed by atoms with Crippen molar-refractivity contribution in [2.24, 2.45) is 0 Å².